The molecule has 0 spiro atoms. The predicted molar refractivity (Wildman–Crippen MR) is 72.5 cm³/mol. The maximum Gasteiger partial charge on any atom is 0.339 e. The van der Waals surface area contributed by atoms with Crippen LogP contribution in [0.5, 0.6) is 0 Å². The molecule has 18 heavy (non-hydrogen) atoms. The van der Waals surface area contributed by atoms with E-state index in [1.807, 2.05) is 11.8 Å². The zero-order valence-corrected chi connectivity index (χ0v) is 11.6. The summed E-state index contributed by atoms with van der Waals surface area (Å²) < 4.78 is 0. The Morgan fingerprint density at radius 3 is 2.89 bits per heavy atom. The van der Waals surface area contributed by atoms with E-state index in [-0.39, 0.29) is 5.56 Å². The number of anilines is 1. The molecule has 1 aromatic heterocycles. The molecule has 1 fully saturated rings. The van der Waals surface area contributed by atoms with Crippen molar-refractivity contribution >= 4 is 23.7 Å². The van der Waals surface area contributed by atoms with Crippen LogP contribution in [0, 0.1) is 6.92 Å². The maximum atomic E-state index is 10.9. The number of aromatic carboxylic acids is 1. The van der Waals surface area contributed by atoms with Crippen molar-refractivity contribution in [3.05, 3.63) is 17.5 Å². The number of aryl methyl sites for hydroxylation is 1. The monoisotopic (exact) mass is 267 g/mol. The molecule has 2 atom stereocenters. The number of carboxylic acid groups (broad SMARTS) is 1. The molecule has 5 nitrogen and oxygen atoms in total. The normalized spacial score (nSPS) is 24.1. The van der Waals surface area contributed by atoms with Gasteiger partial charge in [0.2, 0.25) is 5.95 Å². The van der Waals surface area contributed by atoms with Gasteiger partial charge in [-0.3, -0.25) is 0 Å². The average Bonchev–Trinajstić information content (AvgIpc) is 2.32. The van der Waals surface area contributed by atoms with Crippen molar-refractivity contribution in [2.45, 2.75) is 32.1 Å². The number of thioether (sulfide) groups is 1. The second-order valence-corrected chi connectivity index (χ2v) is 5.97. The van der Waals surface area contributed by atoms with Crippen LogP contribution in [-0.4, -0.2) is 44.6 Å². The number of rotatable bonds is 2. The van der Waals surface area contributed by atoms with E-state index in [2.05, 4.69) is 28.7 Å². The predicted octanol–water partition coefficient (Wildman–Crippen LogP) is 1.81. The molecule has 0 bridgehead atoms. The van der Waals surface area contributed by atoms with Gasteiger partial charge in [0.05, 0.1) is 11.3 Å². The van der Waals surface area contributed by atoms with Crippen molar-refractivity contribution in [2.75, 3.05) is 17.2 Å². The number of hydrogen-bond donors (Lipinski definition) is 1. The van der Waals surface area contributed by atoms with Gasteiger partial charge in [-0.05, 0) is 13.8 Å². The minimum absolute atomic E-state index is 0.172. The molecule has 0 radical (unpaired) electrons. The summed E-state index contributed by atoms with van der Waals surface area (Å²) in [7, 11) is 0. The largest absolute Gasteiger partial charge is 0.478 e. The van der Waals surface area contributed by atoms with E-state index >= 15 is 0 Å². The first-order valence-corrected chi connectivity index (χ1v) is 7.00. The molecule has 2 heterocycles. The van der Waals surface area contributed by atoms with Gasteiger partial charge >= 0.3 is 5.97 Å². The summed E-state index contributed by atoms with van der Waals surface area (Å²) in [5, 5.41) is 9.49. The Kier molecular flexibility index (Phi) is 3.75. The Balaban J connectivity index is 2.28. The first-order chi connectivity index (χ1) is 8.50. The van der Waals surface area contributed by atoms with Crippen LogP contribution in [0.2, 0.25) is 0 Å². The van der Waals surface area contributed by atoms with Gasteiger partial charge in [0.25, 0.3) is 0 Å². The third-order valence-electron chi connectivity index (χ3n) is 3.34. The van der Waals surface area contributed by atoms with Crippen LogP contribution < -0.4 is 4.90 Å². The van der Waals surface area contributed by atoms with E-state index in [9.17, 15) is 4.79 Å². The van der Waals surface area contributed by atoms with Gasteiger partial charge in [-0.25, -0.2) is 14.8 Å². The lowest BCUT2D eigenvalue weighted by Gasteiger charge is -2.37. The summed E-state index contributed by atoms with van der Waals surface area (Å²) in [5.41, 5.74) is 0.691. The number of carbonyl (C=O) groups is 1. The highest BCUT2D eigenvalue weighted by Gasteiger charge is 2.27. The lowest BCUT2D eigenvalue weighted by atomic mass is 10.2. The molecule has 0 aliphatic carbocycles. The number of carboxylic acids is 1. The van der Waals surface area contributed by atoms with Crippen LogP contribution >= 0.6 is 11.8 Å². The van der Waals surface area contributed by atoms with E-state index in [1.54, 1.807) is 6.92 Å². The Bertz CT molecular complexity index is 467. The van der Waals surface area contributed by atoms with Gasteiger partial charge in [0, 0.05) is 29.8 Å². The zero-order valence-electron chi connectivity index (χ0n) is 10.8. The quantitative estimate of drug-likeness (QED) is 0.881. The molecule has 1 N–H and O–H groups in total. The molecule has 6 heteroatoms. The second kappa shape index (κ2) is 5.14. The Morgan fingerprint density at radius 1 is 1.56 bits per heavy atom. The van der Waals surface area contributed by atoms with Crippen molar-refractivity contribution in [3.8, 4) is 0 Å². The summed E-state index contributed by atoms with van der Waals surface area (Å²) in [5.74, 6) is 0.709. The molecule has 0 amide bonds. The molecular weight excluding hydrogens is 250 g/mol. The average molecular weight is 267 g/mol. The summed E-state index contributed by atoms with van der Waals surface area (Å²) >= 11 is 1.95. The number of nitrogens with zero attached hydrogens (tertiary/aromatic N) is 3. The van der Waals surface area contributed by atoms with Crippen molar-refractivity contribution in [1.82, 2.24) is 9.97 Å². The van der Waals surface area contributed by atoms with Crippen LogP contribution in [0.4, 0.5) is 5.95 Å². The molecule has 1 aliphatic rings. The van der Waals surface area contributed by atoms with E-state index in [4.69, 9.17) is 5.11 Å². The molecule has 1 aromatic rings. The first-order valence-electron chi connectivity index (χ1n) is 5.96. The van der Waals surface area contributed by atoms with Crippen molar-refractivity contribution in [3.63, 3.8) is 0 Å². The SMILES string of the molecule is Cc1nc(N2CCSC(C)C2C)ncc1C(=O)O. The van der Waals surface area contributed by atoms with Crippen LogP contribution in [0.15, 0.2) is 6.20 Å². The highest BCUT2D eigenvalue weighted by Crippen LogP contribution is 2.27. The molecule has 1 aliphatic heterocycles. The Labute approximate surface area is 111 Å². The van der Waals surface area contributed by atoms with Gasteiger partial charge in [0.15, 0.2) is 0 Å². The maximum absolute atomic E-state index is 10.9. The van der Waals surface area contributed by atoms with Crippen LogP contribution in [0.3, 0.4) is 0 Å². The van der Waals surface area contributed by atoms with Gasteiger partial charge in [-0.2, -0.15) is 11.8 Å². The number of hydrogen-bond acceptors (Lipinski definition) is 5. The third-order valence-corrected chi connectivity index (χ3v) is 4.68. The summed E-state index contributed by atoms with van der Waals surface area (Å²) in [4.78, 5) is 21.6. The molecule has 1 saturated heterocycles. The standard InChI is InChI=1S/C12H17N3O2S/c1-7-10(11(16)17)6-13-12(14-7)15-4-5-18-9(3)8(15)2/h6,8-9H,4-5H2,1-3H3,(H,16,17). The molecule has 0 aromatic carbocycles. The van der Waals surface area contributed by atoms with Gasteiger partial charge in [0.1, 0.15) is 0 Å². The van der Waals surface area contributed by atoms with Crippen molar-refractivity contribution in [1.29, 1.82) is 0 Å². The first kappa shape index (κ1) is 13.1. The van der Waals surface area contributed by atoms with E-state index < -0.39 is 5.97 Å². The highest BCUT2D eigenvalue weighted by molar-refractivity contribution is 8.00. The van der Waals surface area contributed by atoms with Crippen LogP contribution in [0.1, 0.15) is 29.9 Å². The molecule has 2 rings (SSSR count). The summed E-state index contributed by atoms with van der Waals surface area (Å²) in [6.45, 7) is 6.96. The lowest BCUT2D eigenvalue weighted by Crippen LogP contribution is -2.45. The Hall–Kier alpha value is -1.30. The second-order valence-electron chi connectivity index (χ2n) is 4.48. The molecule has 98 valence electrons. The summed E-state index contributed by atoms with van der Waals surface area (Å²) in [6, 6.07) is 0.360. The van der Waals surface area contributed by atoms with Crippen molar-refractivity contribution in [2.24, 2.45) is 0 Å². The van der Waals surface area contributed by atoms with Crippen molar-refractivity contribution < 1.29 is 9.90 Å². The zero-order chi connectivity index (χ0) is 13.3. The smallest absolute Gasteiger partial charge is 0.339 e. The molecular formula is C12H17N3O2S. The number of aromatic nitrogens is 2. The van der Waals surface area contributed by atoms with E-state index in [0.29, 0.717) is 22.9 Å². The van der Waals surface area contributed by atoms with E-state index in [1.165, 1.54) is 6.20 Å². The third kappa shape index (κ3) is 2.43. The fourth-order valence-corrected chi connectivity index (χ4v) is 3.12. The minimum atomic E-state index is -0.977. The van der Waals surface area contributed by atoms with Gasteiger partial charge in [-0.1, -0.05) is 6.92 Å². The van der Waals surface area contributed by atoms with Gasteiger partial charge < -0.3 is 10.0 Å². The van der Waals surface area contributed by atoms with Crippen LogP contribution in [-0.2, 0) is 0 Å². The minimum Gasteiger partial charge on any atom is -0.478 e. The van der Waals surface area contributed by atoms with Crippen LogP contribution in [0.25, 0.3) is 0 Å². The Morgan fingerprint density at radius 2 is 2.28 bits per heavy atom. The summed E-state index contributed by atoms with van der Waals surface area (Å²) in [6.07, 6.45) is 1.40. The topological polar surface area (TPSA) is 66.3 Å². The fourth-order valence-electron chi connectivity index (χ4n) is 2.02. The highest BCUT2D eigenvalue weighted by atomic mass is 32.2. The van der Waals surface area contributed by atoms with Gasteiger partial charge in [-0.15, -0.1) is 0 Å². The fraction of sp³-hybridized carbons (Fsp3) is 0.583. The van der Waals surface area contributed by atoms with E-state index in [0.717, 1.165) is 12.3 Å². The molecule has 2 unspecified atom stereocenters. The lowest BCUT2D eigenvalue weighted by molar-refractivity contribution is 0.0695. The molecule has 0 saturated carbocycles.